The second-order valence-electron chi connectivity index (χ2n) is 5.06. The Morgan fingerprint density at radius 1 is 1.42 bits per heavy atom. The van der Waals surface area contributed by atoms with Crippen LogP contribution in [0.3, 0.4) is 0 Å². The molecule has 2 atom stereocenters. The molecule has 0 bridgehead atoms. The van der Waals surface area contributed by atoms with Gasteiger partial charge in [0.05, 0.1) is 5.92 Å². The van der Waals surface area contributed by atoms with Crippen molar-refractivity contribution in [2.24, 2.45) is 5.92 Å². The van der Waals surface area contributed by atoms with E-state index >= 15 is 0 Å². The first-order valence-electron chi connectivity index (χ1n) is 6.46. The fourth-order valence-electron chi connectivity index (χ4n) is 2.57. The first kappa shape index (κ1) is 14.3. The van der Waals surface area contributed by atoms with Crippen molar-refractivity contribution in [3.05, 3.63) is 34.6 Å². The standard InChI is InChI=1S/C14H17ClFNO2/c15-11-4-9(5-12(16)7-11)8-17-13-3-1-2-10(6-13)14(18)19/h4-5,7,10,13,17H,1-3,6,8H2,(H,18,19). The van der Waals surface area contributed by atoms with Crippen LogP contribution in [0.4, 0.5) is 4.39 Å². The summed E-state index contributed by atoms with van der Waals surface area (Å²) in [4.78, 5) is 11.0. The summed E-state index contributed by atoms with van der Waals surface area (Å²) in [6.07, 6.45) is 3.27. The zero-order valence-electron chi connectivity index (χ0n) is 10.5. The van der Waals surface area contributed by atoms with Crippen LogP contribution in [0, 0.1) is 11.7 Å². The van der Waals surface area contributed by atoms with Crippen LogP contribution in [0.1, 0.15) is 31.2 Å². The molecule has 0 spiro atoms. The molecule has 0 saturated heterocycles. The van der Waals surface area contributed by atoms with E-state index in [9.17, 15) is 9.18 Å². The highest BCUT2D eigenvalue weighted by molar-refractivity contribution is 6.30. The van der Waals surface area contributed by atoms with Gasteiger partial charge in [-0.3, -0.25) is 4.79 Å². The molecular weight excluding hydrogens is 269 g/mol. The lowest BCUT2D eigenvalue weighted by Gasteiger charge is -2.27. The number of hydrogen-bond acceptors (Lipinski definition) is 2. The van der Waals surface area contributed by atoms with Crippen LogP contribution in [-0.2, 0) is 11.3 Å². The summed E-state index contributed by atoms with van der Waals surface area (Å²) in [5, 5.41) is 12.7. The van der Waals surface area contributed by atoms with Crippen molar-refractivity contribution < 1.29 is 14.3 Å². The van der Waals surface area contributed by atoms with E-state index < -0.39 is 5.97 Å². The van der Waals surface area contributed by atoms with Gasteiger partial charge in [-0.05, 0) is 43.0 Å². The normalized spacial score (nSPS) is 23.3. The lowest BCUT2D eigenvalue weighted by molar-refractivity contribution is -0.143. The van der Waals surface area contributed by atoms with Crippen molar-refractivity contribution in [1.82, 2.24) is 5.32 Å². The zero-order chi connectivity index (χ0) is 13.8. The third-order valence-electron chi connectivity index (χ3n) is 3.54. The average molecular weight is 286 g/mol. The Hall–Kier alpha value is -1.13. The van der Waals surface area contributed by atoms with Crippen molar-refractivity contribution in [3.63, 3.8) is 0 Å². The monoisotopic (exact) mass is 285 g/mol. The lowest BCUT2D eigenvalue weighted by atomic mass is 9.86. The molecule has 1 saturated carbocycles. The van der Waals surface area contributed by atoms with Crippen molar-refractivity contribution in [2.75, 3.05) is 0 Å². The topological polar surface area (TPSA) is 49.3 Å². The van der Waals surface area contributed by atoms with E-state index in [2.05, 4.69) is 5.32 Å². The van der Waals surface area contributed by atoms with Crippen LogP contribution in [0.15, 0.2) is 18.2 Å². The molecule has 3 nitrogen and oxygen atoms in total. The van der Waals surface area contributed by atoms with Crippen molar-refractivity contribution in [3.8, 4) is 0 Å². The Balaban J connectivity index is 1.89. The third-order valence-corrected chi connectivity index (χ3v) is 3.76. The van der Waals surface area contributed by atoms with E-state index in [0.29, 0.717) is 18.0 Å². The number of carboxylic acids is 1. The van der Waals surface area contributed by atoms with Gasteiger partial charge in [-0.1, -0.05) is 18.0 Å². The number of halogens is 2. The summed E-state index contributed by atoms with van der Waals surface area (Å²) in [7, 11) is 0. The van der Waals surface area contributed by atoms with Gasteiger partial charge in [0.2, 0.25) is 0 Å². The summed E-state index contributed by atoms with van der Waals surface area (Å²) in [5.41, 5.74) is 0.780. The van der Waals surface area contributed by atoms with Crippen molar-refractivity contribution in [1.29, 1.82) is 0 Å². The van der Waals surface area contributed by atoms with Gasteiger partial charge in [-0.15, -0.1) is 0 Å². The van der Waals surface area contributed by atoms with E-state index in [-0.39, 0.29) is 17.8 Å². The molecule has 0 aromatic heterocycles. The molecule has 5 heteroatoms. The number of rotatable bonds is 4. The fraction of sp³-hybridized carbons (Fsp3) is 0.500. The van der Waals surface area contributed by atoms with Gasteiger partial charge < -0.3 is 10.4 Å². The first-order chi connectivity index (χ1) is 9.04. The minimum atomic E-state index is -0.722. The molecule has 1 aliphatic carbocycles. The maximum absolute atomic E-state index is 13.2. The second kappa shape index (κ2) is 6.35. The zero-order valence-corrected chi connectivity index (χ0v) is 11.3. The van der Waals surface area contributed by atoms with Gasteiger partial charge in [0.1, 0.15) is 5.82 Å². The van der Waals surface area contributed by atoms with Crippen LogP contribution < -0.4 is 5.32 Å². The van der Waals surface area contributed by atoms with E-state index in [1.54, 1.807) is 6.07 Å². The Bertz CT molecular complexity index is 447. The predicted molar refractivity (Wildman–Crippen MR) is 71.6 cm³/mol. The summed E-state index contributed by atoms with van der Waals surface area (Å²) in [6.45, 7) is 0.508. The molecule has 0 radical (unpaired) electrons. The second-order valence-corrected chi connectivity index (χ2v) is 5.49. The quantitative estimate of drug-likeness (QED) is 0.893. The molecule has 1 aliphatic rings. The predicted octanol–water partition coefficient (Wildman–Crippen LogP) is 3.21. The van der Waals surface area contributed by atoms with Crippen molar-refractivity contribution >= 4 is 17.6 Å². The number of benzene rings is 1. The van der Waals surface area contributed by atoms with Gasteiger partial charge >= 0.3 is 5.97 Å². The smallest absolute Gasteiger partial charge is 0.306 e. The molecule has 0 amide bonds. The molecule has 2 unspecified atom stereocenters. The lowest BCUT2D eigenvalue weighted by Crippen LogP contribution is -2.36. The largest absolute Gasteiger partial charge is 0.481 e. The van der Waals surface area contributed by atoms with E-state index in [1.165, 1.54) is 12.1 Å². The minimum absolute atomic E-state index is 0.178. The summed E-state index contributed by atoms with van der Waals surface area (Å²) in [6, 6.07) is 4.61. The molecule has 2 rings (SSSR count). The average Bonchev–Trinajstić information content (AvgIpc) is 2.35. The number of hydrogen-bond donors (Lipinski definition) is 2. The molecule has 1 aromatic carbocycles. The van der Waals surface area contributed by atoms with Gasteiger partial charge in [0.25, 0.3) is 0 Å². The Kier molecular flexibility index (Phi) is 4.77. The van der Waals surface area contributed by atoms with Crippen LogP contribution in [0.2, 0.25) is 5.02 Å². The summed E-state index contributed by atoms with van der Waals surface area (Å²) >= 11 is 5.79. The molecular formula is C14H17ClFNO2. The van der Waals surface area contributed by atoms with Crippen LogP contribution in [0.5, 0.6) is 0 Å². The fourth-order valence-corrected chi connectivity index (χ4v) is 2.82. The number of aliphatic carboxylic acids is 1. The van der Waals surface area contributed by atoms with Crippen LogP contribution >= 0.6 is 11.6 Å². The van der Waals surface area contributed by atoms with Crippen molar-refractivity contribution in [2.45, 2.75) is 38.3 Å². The van der Waals surface area contributed by atoms with E-state index in [1.807, 2.05) is 0 Å². The van der Waals surface area contributed by atoms with Gasteiger partial charge in [0, 0.05) is 17.6 Å². The minimum Gasteiger partial charge on any atom is -0.481 e. The molecule has 19 heavy (non-hydrogen) atoms. The molecule has 1 fully saturated rings. The third kappa shape index (κ3) is 4.18. The molecule has 0 aliphatic heterocycles. The first-order valence-corrected chi connectivity index (χ1v) is 6.83. The van der Waals surface area contributed by atoms with Gasteiger partial charge in [-0.25, -0.2) is 4.39 Å². The Morgan fingerprint density at radius 2 is 2.21 bits per heavy atom. The Labute approximate surface area is 116 Å². The number of carboxylic acid groups (broad SMARTS) is 1. The molecule has 104 valence electrons. The molecule has 0 heterocycles. The highest BCUT2D eigenvalue weighted by atomic mass is 35.5. The highest BCUT2D eigenvalue weighted by Crippen LogP contribution is 2.25. The summed E-state index contributed by atoms with van der Waals surface area (Å²) < 4.78 is 13.2. The number of nitrogens with one attached hydrogen (secondary N) is 1. The van der Waals surface area contributed by atoms with E-state index in [4.69, 9.17) is 16.7 Å². The van der Waals surface area contributed by atoms with Gasteiger partial charge in [0.15, 0.2) is 0 Å². The maximum atomic E-state index is 13.2. The molecule has 1 aromatic rings. The van der Waals surface area contributed by atoms with Crippen LogP contribution in [0.25, 0.3) is 0 Å². The maximum Gasteiger partial charge on any atom is 0.306 e. The van der Waals surface area contributed by atoms with E-state index in [0.717, 1.165) is 24.8 Å². The highest BCUT2D eigenvalue weighted by Gasteiger charge is 2.26. The van der Waals surface area contributed by atoms with Crippen LogP contribution in [-0.4, -0.2) is 17.1 Å². The van der Waals surface area contributed by atoms with Gasteiger partial charge in [-0.2, -0.15) is 0 Å². The Morgan fingerprint density at radius 3 is 2.89 bits per heavy atom. The number of carbonyl (C=O) groups is 1. The SMILES string of the molecule is O=C(O)C1CCCC(NCc2cc(F)cc(Cl)c2)C1. The molecule has 2 N–H and O–H groups in total. The summed E-state index contributed by atoms with van der Waals surface area (Å²) in [5.74, 6) is -1.33.